The van der Waals surface area contributed by atoms with Gasteiger partial charge in [0.1, 0.15) is 24.3 Å². The Morgan fingerprint density at radius 3 is 2.43 bits per heavy atom. The number of nitrogens with one attached hydrogen (secondary N) is 3. The van der Waals surface area contributed by atoms with Crippen molar-refractivity contribution in [2.24, 2.45) is 0 Å². The Kier molecular flexibility index (Phi) is 16.9. The molecule has 0 radical (unpaired) electrons. The van der Waals surface area contributed by atoms with E-state index in [2.05, 4.69) is 26.8 Å². The van der Waals surface area contributed by atoms with Crippen molar-refractivity contribution in [1.29, 1.82) is 0 Å². The molecule has 0 bridgehead atoms. The molecule has 0 saturated carbocycles. The number of fused-ring (bicyclic) bond motifs is 2. The number of likely N-dealkylation sites (N-methyl/N-ethyl adjacent to an activating group) is 1. The minimum absolute atomic E-state index is 0.0211. The smallest absolute Gasteiger partial charge is 0.328 e. The van der Waals surface area contributed by atoms with Crippen LogP contribution >= 0.6 is 20.4 Å². The summed E-state index contributed by atoms with van der Waals surface area (Å²) in [5.74, 6) is 2.90. The summed E-state index contributed by atoms with van der Waals surface area (Å²) in [6.07, 6.45) is 2.93. The Balaban J connectivity index is 0.000000254. The van der Waals surface area contributed by atoms with E-state index in [0.29, 0.717) is 52.7 Å². The zero-order valence-electron chi connectivity index (χ0n) is 36.5. The Morgan fingerprint density at radius 1 is 1.02 bits per heavy atom. The van der Waals surface area contributed by atoms with E-state index in [1.807, 2.05) is 52.1 Å². The molecule has 3 atom stereocenters. The highest BCUT2D eigenvalue weighted by molar-refractivity contribution is 7.97. The number of hydrogen-bond acceptors (Lipinski definition) is 16. The maximum absolute atomic E-state index is 12.5. The molecule has 2 aliphatic heterocycles. The number of nitrogens with zero attached hydrogens (tertiary/aromatic N) is 1. The summed E-state index contributed by atoms with van der Waals surface area (Å²) < 4.78 is 38.1. The van der Waals surface area contributed by atoms with Crippen LogP contribution in [0.15, 0.2) is 24.3 Å². The zero-order valence-corrected chi connectivity index (χ0v) is 38.2. The molecule has 0 amide bonds. The molecule has 6 rings (SSSR count). The van der Waals surface area contributed by atoms with E-state index in [-0.39, 0.29) is 37.8 Å². The summed E-state index contributed by atoms with van der Waals surface area (Å²) in [7, 11) is 2.73. The number of esters is 2. The van der Waals surface area contributed by atoms with E-state index >= 15 is 0 Å². The number of phenols is 1. The van der Waals surface area contributed by atoms with Gasteiger partial charge in [0, 0.05) is 58.6 Å². The second-order valence-electron chi connectivity index (χ2n) is 15.1. The monoisotopic (exact) mass is 886 g/mol. The molecule has 4 aromatic rings. The predicted molar refractivity (Wildman–Crippen MR) is 235 cm³/mol. The summed E-state index contributed by atoms with van der Waals surface area (Å²) in [5.41, 5.74) is 8.03. The summed E-state index contributed by atoms with van der Waals surface area (Å²) >= 11 is 1.75. The van der Waals surface area contributed by atoms with E-state index < -0.39 is 26.8 Å². The number of aryl methyl sites for hydroxylation is 1. The molecular formula is C43H59N4O12PS. The summed E-state index contributed by atoms with van der Waals surface area (Å²) in [6.45, 7) is 12.2. The molecule has 61 heavy (non-hydrogen) atoms. The first kappa shape index (κ1) is 47.7. The second-order valence-corrected chi connectivity index (χ2v) is 16.7. The number of rotatable bonds is 16. The normalized spacial score (nSPS) is 17.3. The Morgan fingerprint density at radius 2 is 1.75 bits per heavy atom. The van der Waals surface area contributed by atoms with Gasteiger partial charge in [0.15, 0.2) is 23.0 Å². The number of benzene rings is 3. The third kappa shape index (κ3) is 11.6. The van der Waals surface area contributed by atoms with Crippen LogP contribution in [0.3, 0.4) is 0 Å². The van der Waals surface area contributed by atoms with Gasteiger partial charge in [0.25, 0.3) is 0 Å². The third-order valence-corrected chi connectivity index (χ3v) is 11.9. The third-order valence-electron chi connectivity index (χ3n) is 10.9. The van der Waals surface area contributed by atoms with Crippen molar-refractivity contribution in [3.8, 4) is 34.5 Å². The number of H-pyrrole nitrogens is 1. The molecule has 18 heteroatoms. The SMILES string of the molecule is COc1c(C)cc(C[C@H]2C(OP(O)O)NC(C)CN2C)c(C)c1O.COc1ccc2[nH]c(CSC)c(CCNCC(=O)OCc3c(C)c(OC(C)=O)c(C)c4c3OCO4)c2c1. The van der Waals surface area contributed by atoms with Crippen molar-refractivity contribution >= 4 is 43.2 Å². The van der Waals surface area contributed by atoms with E-state index in [1.165, 1.54) is 25.3 Å². The first-order chi connectivity index (χ1) is 29.1. The fourth-order valence-electron chi connectivity index (χ4n) is 7.86. The van der Waals surface area contributed by atoms with Gasteiger partial charge in [0.05, 0.1) is 26.8 Å². The lowest BCUT2D eigenvalue weighted by molar-refractivity contribution is -0.144. The lowest BCUT2D eigenvalue weighted by Crippen LogP contribution is -2.61. The van der Waals surface area contributed by atoms with Crippen molar-refractivity contribution < 1.29 is 57.4 Å². The second kappa shape index (κ2) is 21.7. The number of carbonyl (C=O) groups is 2. The first-order valence-corrected chi connectivity index (χ1v) is 22.4. The lowest BCUT2D eigenvalue weighted by Gasteiger charge is -2.42. The fourth-order valence-corrected chi connectivity index (χ4v) is 8.80. The van der Waals surface area contributed by atoms with Crippen molar-refractivity contribution in [3.63, 3.8) is 0 Å². The van der Waals surface area contributed by atoms with E-state index in [0.717, 1.165) is 52.1 Å². The molecule has 3 heterocycles. The zero-order chi connectivity index (χ0) is 44.5. The Hall–Kier alpha value is -4.32. The van der Waals surface area contributed by atoms with Crippen LogP contribution in [0.2, 0.25) is 0 Å². The van der Waals surface area contributed by atoms with Crippen LogP contribution in [0.25, 0.3) is 10.9 Å². The number of methoxy groups -OCH3 is 2. The minimum atomic E-state index is -2.45. The van der Waals surface area contributed by atoms with Gasteiger partial charge in [-0.15, -0.1) is 0 Å². The van der Waals surface area contributed by atoms with E-state index in [1.54, 1.807) is 32.7 Å². The number of phenolic OH excluding ortho intramolecular Hbond substituents is 1. The molecule has 6 N–H and O–H groups in total. The van der Waals surface area contributed by atoms with Crippen molar-refractivity contribution in [3.05, 3.63) is 68.9 Å². The highest BCUT2D eigenvalue weighted by atomic mass is 32.2. The maximum Gasteiger partial charge on any atom is 0.328 e. The molecular weight excluding hydrogens is 828 g/mol. The van der Waals surface area contributed by atoms with Gasteiger partial charge in [-0.1, -0.05) is 6.07 Å². The summed E-state index contributed by atoms with van der Waals surface area (Å²) in [5, 5.41) is 17.9. The molecule has 0 aliphatic carbocycles. The van der Waals surface area contributed by atoms with Gasteiger partial charge in [-0.25, -0.2) is 0 Å². The maximum atomic E-state index is 12.5. The van der Waals surface area contributed by atoms with Gasteiger partial charge < -0.3 is 53.6 Å². The number of aromatic amines is 1. The standard InChI is InChI=1S/C27H32N2O7S.C16H27N2O5P/c1-15-21(27-26(34-14-35-27)16(2)25(15)36-17(3)30)12-33-24(31)11-28-9-8-19-20-10-18(32-4)6-7-22(20)29-23(19)13-37-5;1-9-6-12(11(3)14(19)15(9)22-5)7-13-16(23-24(20)21)17-10(2)8-18(13)4/h6-7,10,28-29H,8-9,11-14H2,1-5H3;6,10,13,16-17,19-21H,7-8H2,1-5H3/t;10?,13-,16?/m.0/s1. The van der Waals surface area contributed by atoms with Gasteiger partial charge in [0.2, 0.25) is 6.79 Å². The van der Waals surface area contributed by atoms with Crippen LogP contribution < -0.4 is 34.3 Å². The van der Waals surface area contributed by atoms with Gasteiger partial charge in [-0.2, -0.15) is 11.8 Å². The van der Waals surface area contributed by atoms with Crippen LogP contribution in [-0.4, -0.2) is 109 Å². The summed E-state index contributed by atoms with van der Waals surface area (Å²) in [6, 6.07) is 8.10. The molecule has 1 aromatic heterocycles. The van der Waals surface area contributed by atoms with Crippen molar-refractivity contribution in [2.75, 3.05) is 54.0 Å². The van der Waals surface area contributed by atoms with E-state index in [4.69, 9.17) is 32.9 Å². The quantitative estimate of drug-likeness (QED) is 0.0351. The van der Waals surface area contributed by atoms with Crippen LogP contribution in [0, 0.1) is 27.7 Å². The number of aromatic nitrogens is 1. The van der Waals surface area contributed by atoms with Crippen LogP contribution in [0.1, 0.15) is 58.5 Å². The number of ether oxygens (including phenoxy) is 6. The van der Waals surface area contributed by atoms with Crippen LogP contribution in [0.4, 0.5) is 0 Å². The Bertz CT molecular complexity index is 2180. The molecule has 334 valence electrons. The average Bonchev–Trinajstić information content (AvgIpc) is 3.83. The number of aromatic hydroxyl groups is 1. The molecule has 3 aromatic carbocycles. The highest BCUT2D eigenvalue weighted by Gasteiger charge is 2.35. The largest absolute Gasteiger partial charge is 0.504 e. The topological polar surface area (TPSA) is 203 Å². The van der Waals surface area contributed by atoms with E-state index in [9.17, 15) is 24.5 Å². The molecule has 2 unspecified atom stereocenters. The predicted octanol–water partition coefficient (Wildman–Crippen LogP) is 5.59. The molecule has 2 aliphatic rings. The molecule has 1 fully saturated rings. The fraction of sp³-hybridized carbons (Fsp3) is 0.488. The lowest BCUT2D eigenvalue weighted by atomic mass is 9.94. The highest BCUT2D eigenvalue weighted by Crippen LogP contribution is 2.46. The van der Waals surface area contributed by atoms with Gasteiger partial charge >= 0.3 is 20.5 Å². The summed E-state index contributed by atoms with van der Waals surface area (Å²) in [4.78, 5) is 48.3. The molecule has 1 saturated heterocycles. The number of piperazine rings is 1. The first-order valence-electron chi connectivity index (χ1n) is 19.9. The van der Waals surface area contributed by atoms with Gasteiger partial charge in [-0.05, 0) is 108 Å². The number of hydrogen-bond donors (Lipinski definition) is 6. The number of thioether (sulfide) groups is 1. The van der Waals surface area contributed by atoms with Crippen molar-refractivity contribution in [2.45, 2.75) is 85.1 Å². The molecule has 16 nitrogen and oxygen atoms in total. The molecule has 0 spiro atoms. The Labute approximate surface area is 362 Å². The van der Waals surface area contributed by atoms with Crippen LogP contribution in [-0.2, 0) is 44.1 Å². The number of carbonyl (C=O) groups excluding carboxylic acids is 2. The van der Waals surface area contributed by atoms with Crippen LogP contribution in [0.5, 0.6) is 34.5 Å². The minimum Gasteiger partial charge on any atom is -0.504 e. The average molecular weight is 887 g/mol. The van der Waals surface area contributed by atoms with Crippen molar-refractivity contribution in [1.82, 2.24) is 20.5 Å². The van der Waals surface area contributed by atoms with Gasteiger partial charge in [-0.3, -0.25) is 24.3 Å².